The van der Waals surface area contributed by atoms with Crippen LogP contribution in [0.2, 0.25) is 0 Å². The van der Waals surface area contributed by atoms with Gasteiger partial charge in [-0.1, -0.05) is 0 Å². The Morgan fingerprint density at radius 2 is 2.00 bits per heavy atom. The Balaban J connectivity index is 1.81. The summed E-state index contributed by atoms with van der Waals surface area (Å²) in [5, 5.41) is 0. The third-order valence-electron chi connectivity index (χ3n) is 3.15. The van der Waals surface area contributed by atoms with E-state index >= 15 is 0 Å². The van der Waals surface area contributed by atoms with Gasteiger partial charge in [0.25, 0.3) is 0 Å². The summed E-state index contributed by atoms with van der Waals surface area (Å²) < 4.78 is 17.4. The summed E-state index contributed by atoms with van der Waals surface area (Å²) in [4.78, 5) is 8.32. The highest BCUT2D eigenvalue weighted by Crippen LogP contribution is 2.19. The minimum Gasteiger partial charge on any atom is -0.497 e. The summed E-state index contributed by atoms with van der Waals surface area (Å²) in [6.07, 6.45) is 0. The van der Waals surface area contributed by atoms with E-state index in [2.05, 4.69) is 9.97 Å². The predicted molar refractivity (Wildman–Crippen MR) is 83.6 cm³/mol. The van der Waals surface area contributed by atoms with E-state index in [9.17, 15) is 4.21 Å². The number of nitrogens with two attached hydrogens (primary N) is 1. The number of aromatic amines is 1. The zero-order chi connectivity index (χ0) is 14.8. The fraction of sp³-hybridized carbons (Fsp3) is 0.133. The second kappa shape index (κ2) is 5.57. The number of methoxy groups -OCH3 is 1. The number of benzene rings is 2. The quantitative estimate of drug-likeness (QED) is 0.725. The van der Waals surface area contributed by atoms with Crippen molar-refractivity contribution in [3.63, 3.8) is 0 Å². The number of aromatic nitrogens is 2. The highest BCUT2D eigenvalue weighted by molar-refractivity contribution is 7.84. The number of hydrogen-bond acceptors (Lipinski definition) is 4. The summed E-state index contributed by atoms with van der Waals surface area (Å²) in [5.74, 6) is 1.76. The van der Waals surface area contributed by atoms with E-state index in [1.165, 1.54) is 0 Å². The van der Waals surface area contributed by atoms with Gasteiger partial charge >= 0.3 is 0 Å². The molecular weight excluding hydrogens is 286 g/mol. The molecule has 5 nitrogen and oxygen atoms in total. The van der Waals surface area contributed by atoms with Crippen LogP contribution >= 0.6 is 0 Å². The summed E-state index contributed by atoms with van der Waals surface area (Å²) in [7, 11) is 0.446. The Bertz CT molecular complexity index is 796. The van der Waals surface area contributed by atoms with E-state index in [4.69, 9.17) is 10.5 Å². The molecular formula is C15H15N3O2S. The predicted octanol–water partition coefficient (Wildman–Crippen LogP) is 2.46. The number of hydrogen-bond donors (Lipinski definition) is 2. The lowest BCUT2D eigenvalue weighted by Gasteiger charge is -2.02. The van der Waals surface area contributed by atoms with E-state index in [1.54, 1.807) is 37.4 Å². The third kappa shape index (κ3) is 2.90. The van der Waals surface area contributed by atoms with Crippen LogP contribution in [0.1, 0.15) is 5.82 Å². The lowest BCUT2D eigenvalue weighted by atomic mass is 10.3. The number of nitrogen functional groups attached to an aromatic ring is 1. The SMILES string of the molecule is COc1ccc(S(=O)Cc2nc3ccc(N)cc3[nH]2)cc1. The number of nitrogens with zero attached hydrogens (tertiary/aromatic N) is 1. The molecule has 0 aliphatic rings. The molecule has 0 saturated heterocycles. The molecule has 0 aliphatic heterocycles. The van der Waals surface area contributed by atoms with E-state index in [1.807, 2.05) is 12.1 Å². The normalized spacial score (nSPS) is 12.4. The average Bonchev–Trinajstić information content (AvgIpc) is 2.88. The Hall–Kier alpha value is -2.34. The molecule has 1 aromatic heterocycles. The van der Waals surface area contributed by atoms with Crippen LogP contribution in [0.15, 0.2) is 47.4 Å². The number of H-pyrrole nitrogens is 1. The average molecular weight is 301 g/mol. The number of imidazole rings is 1. The summed E-state index contributed by atoms with van der Waals surface area (Å²) in [5.41, 5.74) is 8.09. The maximum atomic E-state index is 12.3. The van der Waals surface area contributed by atoms with Gasteiger partial charge in [0.2, 0.25) is 0 Å². The standard InChI is InChI=1S/C15H15N3O2S/c1-20-11-3-5-12(6-4-11)21(19)9-15-17-13-7-2-10(16)8-14(13)18-15/h2-8H,9,16H2,1H3,(H,17,18). The first-order valence-electron chi connectivity index (χ1n) is 6.42. The number of ether oxygens (including phenoxy) is 1. The molecule has 3 N–H and O–H groups in total. The van der Waals surface area contributed by atoms with Gasteiger partial charge in [0.15, 0.2) is 0 Å². The maximum Gasteiger partial charge on any atom is 0.120 e. The van der Waals surface area contributed by atoms with Gasteiger partial charge in [-0.2, -0.15) is 0 Å². The summed E-state index contributed by atoms with van der Waals surface area (Å²) in [6.45, 7) is 0. The monoisotopic (exact) mass is 301 g/mol. The molecule has 1 atom stereocenters. The molecule has 6 heteroatoms. The van der Waals surface area contributed by atoms with Crippen LogP contribution in [0.4, 0.5) is 5.69 Å². The Morgan fingerprint density at radius 3 is 2.71 bits per heavy atom. The maximum absolute atomic E-state index is 12.3. The van der Waals surface area contributed by atoms with Gasteiger partial charge in [-0.15, -0.1) is 0 Å². The van der Waals surface area contributed by atoms with Crippen molar-refractivity contribution in [1.82, 2.24) is 9.97 Å². The third-order valence-corrected chi connectivity index (χ3v) is 4.48. The van der Waals surface area contributed by atoms with Crippen molar-refractivity contribution >= 4 is 27.5 Å². The molecule has 0 radical (unpaired) electrons. The second-order valence-electron chi connectivity index (χ2n) is 4.63. The van der Waals surface area contributed by atoms with Gasteiger partial charge in [-0.3, -0.25) is 4.21 Å². The van der Waals surface area contributed by atoms with Gasteiger partial charge in [-0.05, 0) is 42.5 Å². The first-order valence-corrected chi connectivity index (χ1v) is 7.74. The van der Waals surface area contributed by atoms with Crippen LogP contribution in [0, 0.1) is 0 Å². The minimum absolute atomic E-state index is 0.334. The minimum atomic E-state index is -1.16. The van der Waals surface area contributed by atoms with Crippen LogP contribution in [-0.2, 0) is 16.6 Å². The molecule has 3 aromatic rings. The van der Waals surface area contributed by atoms with Crippen molar-refractivity contribution in [2.75, 3.05) is 12.8 Å². The van der Waals surface area contributed by atoms with Crippen LogP contribution < -0.4 is 10.5 Å². The van der Waals surface area contributed by atoms with Crippen molar-refractivity contribution in [1.29, 1.82) is 0 Å². The van der Waals surface area contributed by atoms with Crippen molar-refractivity contribution in [2.45, 2.75) is 10.6 Å². The van der Waals surface area contributed by atoms with Gasteiger partial charge in [-0.25, -0.2) is 4.98 Å². The van der Waals surface area contributed by atoms with Crippen LogP contribution in [0.25, 0.3) is 11.0 Å². The molecule has 0 spiro atoms. The smallest absolute Gasteiger partial charge is 0.120 e. The van der Waals surface area contributed by atoms with Gasteiger partial charge in [0.05, 0.1) is 34.7 Å². The first kappa shape index (κ1) is 13.6. The molecule has 1 heterocycles. The number of nitrogens with one attached hydrogen (secondary N) is 1. The van der Waals surface area contributed by atoms with Crippen LogP contribution in [-0.4, -0.2) is 21.3 Å². The fourth-order valence-corrected chi connectivity index (χ4v) is 3.07. The molecule has 0 saturated carbocycles. The van der Waals surface area contributed by atoms with E-state index in [0.29, 0.717) is 17.3 Å². The van der Waals surface area contributed by atoms with Gasteiger partial charge in [0, 0.05) is 10.6 Å². The van der Waals surface area contributed by atoms with Crippen LogP contribution in [0.5, 0.6) is 5.75 Å². The molecule has 0 amide bonds. The molecule has 2 aromatic carbocycles. The van der Waals surface area contributed by atoms with Gasteiger partial charge < -0.3 is 15.5 Å². The lowest BCUT2D eigenvalue weighted by Crippen LogP contribution is -1.98. The zero-order valence-corrected chi connectivity index (χ0v) is 12.3. The molecule has 21 heavy (non-hydrogen) atoms. The number of rotatable bonds is 4. The highest BCUT2D eigenvalue weighted by Gasteiger charge is 2.09. The fourth-order valence-electron chi connectivity index (χ4n) is 2.08. The number of anilines is 1. The Kier molecular flexibility index (Phi) is 3.62. The molecule has 108 valence electrons. The molecule has 0 bridgehead atoms. The Morgan fingerprint density at radius 1 is 1.24 bits per heavy atom. The molecule has 0 aliphatic carbocycles. The summed E-state index contributed by atoms with van der Waals surface area (Å²) >= 11 is 0. The molecule has 3 rings (SSSR count). The van der Waals surface area contributed by atoms with Crippen molar-refractivity contribution in [2.24, 2.45) is 0 Å². The molecule has 0 fully saturated rings. The molecule has 1 unspecified atom stereocenters. The van der Waals surface area contributed by atoms with Crippen molar-refractivity contribution < 1.29 is 8.95 Å². The van der Waals surface area contributed by atoms with E-state index in [0.717, 1.165) is 21.7 Å². The highest BCUT2D eigenvalue weighted by atomic mass is 32.2. The largest absolute Gasteiger partial charge is 0.497 e. The summed E-state index contributed by atoms with van der Waals surface area (Å²) in [6, 6.07) is 12.7. The van der Waals surface area contributed by atoms with E-state index < -0.39 is 10.8 Å². The number of fused-ring (bicyclic) bond motifs is 1. The van der Waals surface area contributed by atoms with Crippen molar-refractivity contribution in [3.8, 4) is 5.75 Å². The topological polar surface area (TPSA) is 81.0 Å². The van der Waals surface area contributed by atoms with Gasteiger partial charge in [0.1, 0.15) is 11.6 Å². The second-order valence-corrected chi connectivity index (χ2v) is 6.08. The van der Waals surface area contributed by atoms with Crippen LogP contribution in [0.3, 0.4) is 0 Å². The zero-order valence-electron chi connectivity index (χ0n) is 11.5. The van der Waals surface area contributed by atoms with Crippen molar-refractivity contribution in [3.05, 3.63) is 48.3 Å². The first-order chi connectivity index (χ1) is 10.2. The Labute approximate surface area is 124 Å². The lowest BCUT2D eigenvalue weighted by molar-refractivity contribution is 0.414. The van der Waals surface area contributed by atoms with E-state index in [-0.39, 0.29) is 0 Å².